The average molecular weight is 282 g/mol. The quantitative estimate of drug-likeness (QED) is 0.881. The second-order valence-electron chi connectivity index (χ2n) is 5.51. The summed E-state index contributed by atoms with van der Waals surface area (Å²) in [5.74, 6) is 0.376. The van der Waals surface area contributed by atoms with Crippen LogP contribution >= 0.6 is 0 Å². The van der Waals surface area contributed by atoms with Gasteiger partial charge >= 0.3 is 6.03 Å². The Labute approximate surface area is 126 Å². The van der Waals surface area contributed by atoms with E-state index in [0.29, 0.717) is 12.5 Å². The number of hydrogen-bond donors (Lipinski definition) is 1. The summed E-state index contributed by atoms with van der Waals surface area (Å²) in [6.07, 6.45) is 0. The molecule has 0 atom stereocenters. The van der Waals surface area contributed by atoms with Crippen molar-refractivity contribution in [2.75, 3.05) is 12.4 Å². The number of nitrogens with one attached hydrogen (secondary N) is 1. The molecule has 2 aromatic rings. The first-order valence-electron chi connectivity index (χ1n) is 7.23. The van der Waals surface area contributed by atoms with Gasteiger partial charge in [0.2, 0.25) is 0 Å². The van der Waals surface area contributed by atoms with Crippen LogP contribution in [0.4, 0.5) is 10.5 Å². The van der Waals surface area contributed by atoms with Gasteiger partial charge in [0.1, 0.15) is 0 Å². The molecule has 0 saturated heterocycles. The van der Waals surface area contributed by atoms with Gasteiger partial charge in [-0.05, 0) is 23.1 Å². The molecule has 2 rings (SSSR count). The SMILES string of the molecule is CC(C)c1ccccc1NC(=O)N(C)Cc1ccccc1. The van der Waals surface area contributed by atoms with E-state index in [0.717, 1.165) is 16.8 Å². The van der Waals surface area contributed by atoms with E-state index in [1.54, 1.807) is 11.9 Å². The summed E-state index contributed by atoms with van der Waals surface area (Å²) in [6, 6.07) is 17.8. The zero-order valence-corrected chi connectivity index (χ0v) is 12.8. The summed E-state index contributed by atoms with van der Waals surface area (Å²) >= 11 is 0. The molecule has 1 N–H and O–H groups in total. The van der Waals surface area contributed by atoms with E-state index in [1.165, 1.54) is 0 Å². The molecule has 0 spiro atoms. The van der Waals surface area contributed by atoms with E-state index >= 15 is 0 Å². The van der Waals surface area contributed by atoms with Crippen LogP contribution in [-0.2, 0) is 6.54 Å². The van der Waals surface area contributed by atoms with Gasteiger partial charge in [0, 0.05) is 19.3 Å². The molecule has 0 unspecified atom stereocenters. The molecule has 110 valence electrons. The van der Waals surface area contributed by atoms with Gasteiger partial charge in [-0.1, -0.05) is 62.4 Å². The third kappa shape index (κ3) is 4.09. The van der Waals surface area contributed by atoms with Crippen molar-refractivity contribution in [3.63, 3.8) is 0 Å². The molecule has 2 aromatic carbocycles. The number of rotatable bonds is 4. The van der Waals surface area contributed by atoms with Gasteiger partial charge in [0.25, 0.3) is 0 Å². The monoisotopic (exact) mass is 282 g/mol. The Hall–Kier alpha value is -2.29. The van der Waals surface area contributed by atoms with E-state index in [-0.39, 0.29) is 6.03 Å². The smallest absolute Gasteiger partial charge is 0.321 e. The lowest BCUT2D eigenvalue weighted by Gasteiger charge is -2.20. The number of benzene rings is 2. The Kier molecular flexibility index (Phi) is 4.99. The summed E-state index contributed by atoms with van der Waals surface area (Å²) in [4.78, 5) is 14.0. The molecule has 0 radical (unpaired) electrons. The summed E-state index contributed by atoms with van der Waals surface area (Å²) in [5.41, 5.74) is 3.16. The van der Waals surface area contributed by atoms with Crippen LogP contribution in [0.15, 0.2) is 54.6 Å². The van der Waals surface area contributed by atoms with Gasteiger partial charge in [0.15, 0.2) is 0 Å². The van der Waals surface area contributed by atoms with Crippen LogP contribution in [0, 0.1) is 0 Å². The van der Waals surface area contributed by atoms with Gasteiger partial charge in [-0.15, -0.1) is 0 Å². The molecule has 0 aliphatic heterocycles. The maximum Gasteiger partial charge on any atom is 0.321 e. The lowest BCUT2D eigenvalue weighted by Crippen LogP contribution is -2.31. The number of urea groups is 1. The highest BCUT2D eigenvalue weighted by molar-refractivity contribution is 5.90. The number of carbonyl (C=O) groups excluding carboxylic acids is 1. The molecule has 2 amide bonds. The average Bonchev–Trinajstić information content (AvgIpc) is 2.48. The third-order valence-corrected chi connectivity index (χ3v) is 3.43. The van der Waals surface area contributed by atoms with Crippen LogP contribution in [0.1, 0.15) is 30.9 Å². The van der Waals surface area contributed by atoms with Crippen molar-refractivity contribution in [1.29, 1.82) is 0 Å². The third-order valence-electron chi connectivity index (χ3n) is 3.43. The fraction of sp³-hybridized carbons (Fsp3) is 0.278. The molecule has 0 aliphatic rings. The molecule has 0 bridgehead atoms. The minimum atomic E-state index is -0.0908. The second kappa shape index (κ2) is 6.93. The normalized spacial score (nSPS) is 10.5. The second-order valence-corrected chi connectivity index (χ2v) is 5.51. The van der Waals surface area contributed by atoms with Crippen LogP contribution in [-0.4, -0.2) is 18.0 Å². The Balaban J connectivity index is 2.04. The lowest BCUT2D eigenvalue weighted by molar-refractivity contribution is 0.220. The Morgan fingerprint density at radius 3 is 2.33 bits per heavy atom. The standard InChI is InChI=1S/C18H22N2O/c1-14(2)16-11-7-8-12-17(16)19-18(21)20(3)13-15-9-5-4-6-10-15/h4-12,14H,13H2,1-3H3,(H,19,21). The van der Waals surface area contributed by atoms with E-state index in [9.17, 15) is 4.79 Å². The summed E-state index contributed by atoms with van der Waals surface area (Å²) in [7, 11) is 1.81. The number of amides is 2. The highest BCUT2D eigenvalue weighted by Gasteiger charge is 2.12. The number of para-hydroxylation sites is 1. The fourth-order valence-corrected chi connectivity index (χ4v) is 2.25. The van der Waals surface area contributed by atoms with Crippen LogP contribution in [0.5, 0.6) is 0 Å². The largest absolute Gasteiger partial charge is 0.323 e. The first-order chi connectivity index (χ1) is 10.1. The van der Waals surface area contributed by atoms with Gasteiger partial charge in [-0.2, -0.15) is 0 Å². The van der Waals surface area contributed by atoms with Gasteiger partial charge in [-0.3, -0.25) is 0 Å². The first kappa shape index (κ1) is 15.1. The van der Waals surface area contributed by atoms with Crippen molar-refractivity contribution in [3.8, 4) is 0 Å². The highest BCUT2D eigenvalue weighted by atomic mass is 16.2. The zero-order chi connectivity index (χ0) is 15.2. The van der Waals surface area contributed by atoms with Crippen LogP contribution in [0.3, 0.4) is 0 Å². The molecule has 0 saturated carbocycles. The van der Waals surface area contributed by atoms with E-state index in [2.05, 4.69) is 25.2 Å². The van der Waals surface area contributed by atoms with Crippen LogP contribution in [0.25, 0.3) is 0 Å². The highest BCUT2D eigenvalue weighted by Crippen LogP contribution is 2.23. The molecule has 21 heavy (non-hydrogen) atoms. The fourth-order valence-electron chi connectivity index (χ4n) is 2.25. The van der Waals surface area contributed by atoms with Gasteiger partial charge in [-0.25, -0.2) is 4.79 Å². The summed E-state index contributed by atoms with van der Waals surface area (Å²) in [6.45, 7) is 4.84. The minimum Gasteiger partial charge on any atom is -0.323 e. The number of nitrogens with zero attached hydrogens (tertiary/aromatic N) is 1. The van der Waals surface area contributed by atoms with Crippen molar-refractivity contribution < 1.29 is 4.79 Å². The molecule has 3 nitrogen and oxygen atoms in total. The molecule has 3 heteroatoms. The summed E-state index contributed by atoms with van der Waals surface area (Å²) in [5, 5.41) is 3.00. The van der Waals surface area contributed by atoms with Gasteiger partial charge in [0.05, 0.1) is 0 Å². The molecule has 0 aliphatic carbocycles. The molecule has 0 fully saturated rings. The maximum absolute atomic E-state index is 12.3. The Morgan fingerprint density at radius 2 is 1.67 bits per heavy atom. The predicted octanol–water partition coefficient (Wildman–Crippen LogP) is 4.47. The van der Waals surface area contributed by atoms with Crippen molar-refractivity contribution in [2.24, 2.45) is 0 Å². The van der Waals surface area contributed by atoms with E-state index in [4.69, 9.17) is 0 Å². The van der Waals surface area contributed by atoms with Crippen LogP contribution < -0.4 is 5.32 Å². The molecule has 0 aromatic heterocycles. The first-order valence-corrected chi connectivity index (χ1v) is 7.23. The minimum absolute atomic E-state index is 0.0908. The van der Waals surface area contributed by atoms with Gasteiger partial charge < -0.3 is 10.2 Å². The molecular formula is C18H22N2O. The van der Waals surface area contributed by atoms with E-state index in [1.807, 2.05) is 48.5 Å². The van der Waals surface area contributed by atoms with Crippen LogP contribution in [0.2, 0.25) is 0 Å². The number of anilines is 1. The topological polar surface area (TPSA) is 32.3 Å². The number of carbonyl (C=O) groups is 1. The van der Waals surface area contributed by atoms with E-state index < -0.39 is 0 Å². The Morgan fingerprint density at radius 1 is 1.05 bits per heavy atom. The number of hydrogen-bond acceptors (Lipinski definition) is 1. The zero-order valence-electron chi connectivity index (χ0n) is 12.8. The summed E-state index contributed by atoms with van der Waals surface area (Å²) < 4.78 is 0. The Bertz CT molecular complexity index is 593. The van der Waals surface area contributed by atoms with Crippen molar-refractivity contribution in [2.45, 2.75) is 26.3 Å². The molecule has 0 heterocycles. The van der Waals surface area contributed by atoms with Crippen molar-refractivity contribution >= 4 is 11.7 Å². The lowest BCUT2D eigenvalue weighted by atomic mass is 10.0. The maximum atomic E-state index is 12.3. The predicted molar refractivity (Wildman–Crippen MR) is 87.5 cm³/mol. The molecular weight excluding hydrogens is 260 g/mol. The van der Waals surface area contributed by atoms with Crippen molar-refractivity contribution in [1.82, 2.24) is 4.90 Å². The van der Waals surface area contributed by atoms with Crippen molar-refractivity contribution in [3.05, 3.63) is 65.7 Å².